The predicted octanol–water partition coefficient (Wildman–Crippen LogP) is 5.32. The molecule has 2 aromatic carbocycles. The van der Waals surface area contributed by atoms with Gasteiger partial charge in [0, 0.05) is 4.47 Å². The van der Waals surface area contributed by atoms with Crippen molar-refractivity contribution in [2.75, 3.05) is 5.32 Å². The van der Waals surface area contributed by atoms with Gasteiger partial charge in [0.1, 0.15) is 0 Å². The summed E-state index contributed by atoms with van der Waals surface area (Å²) < 4.78 is 0.789. The van der Waals surface area contributed by atoms with Gasteiger partial charge in [0.25, 0.3) is 5.91 Å². The lowest BCUT2D eigenvalue weighted by Crippen LogP contribution is -2.12. The molecule has 2 aromatic rings. The molecule has 2 rings (SSSR count). The van der Waals surface area contributed by atoms with Gasteiger partial charge in [-0.15, -0.1) is 0 Å². The van der Waals surface area contributed by atoms with Crippen molar-refractivity contribution in [1.82, 2.24) is 0 Å². The van der Waals surface area contributed by atoms with Gasteiger partial charge in [0.2, 0.25) is 0 Å². The van der Waals surface area contributed by atoms with Gasteiger partial charge in [-0.25, -0.2) is 0 Å². The second kappa shape index (κ2) is 5.95. The van der Waals surface area contributed by atoms with E-state index in [2.05, 4.69) is 21.2 Å². The van der Waals surface area contributed by atoms with Crippen LogP contribution in [0, 0.1) is 6.92 Å². The van der Waals surface area contributed by atoms with E-state index in [9.17, 15) is 4.79 Å². The first kappa shape index (κ1) is 14.4. The summed E-state index contributed by atoms with van der Waals surface area (Å²) in [6.07, 6.45) is 0. The molecule has 0 spiro atoms. The zero-order valence-corrected chi connectivity index (χ0v) is 13.1. The quantitative estimate of drug-likeness (QED) is 0.773. The highest BCUT2D eigenvalue weighted by Gasteiger charge is 2.12. The summed E-state index contributed by atoms with van der Waals surface area (Å²) in [5.74, 6) is -0.294. The van der Waals surface area contributed by atoms with Crippen LogP contribution < -0.4 is 5.32 Å². The fourth-order valence-corrected chi connectivity index (χ4v) is 2.43. The van der Waals surface area contributed by atoms with Crippen molar-refractivity contribution in [3.63, 3.8) is 0 Å². The van der Waals surface area contributed by atoms with Gasteiger partial charge in [-0.05, 0) is 42.8 Å². The number of nitrogens with one attached hydrogen (secondary N) is 1. The molecule has 0 saturated heterocycles. The highest BCUT2D eigenvalue weighted by Crippen LogP contribution is 2.26. The predicted molar refractivity (Wildman–Crippen MR) is 83.3 cm³/mol. The zero-order valence-electron chi connectivity index (χ0n) is 10.0. The summed E-state index contributed by atoms with van der Waals surface area (Å²) >= 11 is 15.4. The molecule has 0 saturated carbocycles. The third kappa shape index (κ3) is 3.50. The molecule has 0 heterocycles. The van der Waals surface area contributed by atoms with E-state index in [4.69, 9.17) is 23.2 Å². The monoisotopic (exact) mass is 357 g/mol. The fraction of sp³-hybridized carbons (Fsp3) is 0.0714. The second-order valence-electron chi connectivity index (χ2n) is 4.06. The molecule has 0 aliphatic rings. The summed E-state index contributed by atoms with van der Waals surface area (Å²) in [6, 6.07) is 10.5. The molecule has 0 unspecified atom stereocenters. The van der Waals surface area contributed by atoms with Gasteiger partial charge in [0.15, 0.2) is 0 Å². The Labute approximate surface area is 129 Å². The third-order valence-corrected chi connectivity index (χ3v) is 3.68. The molecule has 0 atom stereocenters. The normalized spacial score (nSPS) is 10.3. The van der Waals surface area contributed by atoms with E-state index >= 15 is 0 Å². The first-order valence-corrected chi connectivity index (χ1v) is 7.05. The van der Waals surface area contributed by atoms with E-state index in [1.807, 2.05) is 13.0 Å². The Morgan fingerprint density at radius 2 is 1.84 bits per heavy atom. The fourth-order valence-electron chi connectivity index (χ4n) is 1.58. The van der Waals surface area contributed by atoms with Crippen molar-refractivity contribution >= 4 is 50.7 Å². The molecule has 1 N–H and O–H groups in total. The third-order valence-electron chi connectivity index (χ3n) is 2.55. The van der Waals surface area contributed by atoms with Gasteiger partial charge in [-0.2, -0.15) is 0 Å². The van der Waals surface area contributed by atoms with Crippen molar-refractivity contribution in [1.29, 1.82) is 0 Å². The van der Waals surface area contributed by atoms with E-state index in [0.717, 1.165) is 10.0 Å². The Morgan fingerprint density at radius 3 is 2.53 bits per heavy atom. The Kier molecular flexibility index (Phi) is 4.50. The van der Waals surface area contributed by atoms with Gasteiger partial charge in [-0.3, -0.25) is 4.79 Å². The van der Waals surface area contributed by atoms with Gasteiger partial charge in [-0.1, -0.05) is 45.2 Å². The smallest absolute Gasteiger partial charge is 0.257 e. The van der Waals surface area contributed by atoms with Crippen LogP contribution in [-0.4, -0.2) is 5.91 Å². The van der Waals surface area contributed by atoms with Gasteiger partial charge in [0.05, 0.1) is 21.3 Å². The van der Waals surface area contributed by atoms with Crippen LogP contribution in [0.1, 0.15) is 15.9 Å². The zero-order chi connectivity index (χ0) is 14.0. The lowest BCUT2D eigenvalue weighted by molar-refractivity contribution is 0.102. The molecule has 0 bridgehead atoms. The standard InChI is InChI=1S/C14H10BrCl2NO/c1-8-2-5-13(12(17)6-8)18-14(19)10-7-9(15)3-4-11(10)16/h2-7H,1H3,(H,18,19). The van der Waals surface area contributed by atoms with Crippen molar-refractivity contribution in [2.45, 2.75) is 6.92 Å². The molecule has 98 valence electrons. The van der Waals surface area contributed by atoms with E-state index in [1.165, 1.54) is 0 Å². The number of aryl methyl sites for hydroxylation is 1. The van der Waals surface area contributed by atoms with E-state index in [1.54, 1.807) is 30.3 Å². The van der Waals surface area contributed by atoms with Crippen molar-refractivity contribution < 1.29 is 4.79 Å². The van der Waals surface area contributed by atoms with Crippen LogP contribution in [0.25, 0.3) is 0 Å². The molecule has 0 aromatic heterocycles. The largest absolute Gasteiger partial charge is 0.321 e. The van der Waals surface area contributed by atoms with Crippen LogP contribution in [0.3, 0.4) is 0 Å². The Bertz CT molecular complexity index is 643. The van der Waals surface area contributed by atoms with Crippen LogP contribution in [-0.2, 0) is 0 Å². The summed E-state index contributed by atoms with van der Waals surface area (Å²) in [4.78, 5) is 12.1. The molecule has 19 heavy (non-hydrogen) atoms. The van der Waals surface area contributed by atoms with Crippen LogP contribution in [0.4, 0.5) is 5.69 Å². The average molecular weight is 359 g/mol. The SMILES string of the molecule is Cc1ccc(NC(=O)c2cc(Br)ccc2Cl)c(Cl)c1. The molecular formula is C14H10BrCl2NO. The molecule has 2 nitrogen and oxygen atoms in total. The Morgan fingerprint density at radius 1 is 1.11 bits per heavy atom. The summed E-state index contributed by atoms with van der Waals surface area (Å²) in [6.45, 7) is 1.93. The minimum atomic E-state index is -0.294. The number of amides is 1. The van der Waals surface area contributed by atoms with E-state index in [0.29, 0.717) is 21.3 Å². The first-order valence-electron chi connectivity index (χ1n) is 5.50. The average Bonchev–Trinajstić information content (AvgIpc) is 2.35. The number of carbonyl (C=O) groups is 1. The van der Waals surface area contributed by atoms with Gasteiger partial charge >= 0.3 is 0 Å². The summed E-state index contributed by atoms with van der Waals surface area (Å²) in [5.41, 5.74) is 1.99. The maximum Gasteiger partial charge on any atom is 0.257 e. The van der Waals surface area contributed by atoms with Crippen molar-refractivity contribution in [3.8, 4) is 0 Å². The molecule has 0 aliphatic carbocycles. The van der Waals surface area contributed by atoms with Crippen LogP contribution in [0.5, 0.6) is 0 Å². The molecule has 0 radical (unpaired) electrons. The number of halogens is 3. The van der Waals surface area contributed by atoms with E-state index < -0.39 is 0 Å². The second-order valence-corrected chi connectivity index (χ2v) is 5.79. The molecule has 5 heteroatoms. The topological polar surface area (TPSA) is 29.1 Å². The summed E-state index contributed by atoms with van der Waals surface area (Å²) in [7, 11) is 0. The Balaban J connectivity index is 2.28. The number of carbonyl (C=O) groups excluding carboxylic acids is 1. The lowest BCUT2D eigenvalue weighted by Gasteiger charge is -2.09. The highest BCUT2D eigenvalue weighted by molar-refractivity contribution is 9.10. The maximum atomic E-state index is 12.1. The van der Waals surface area contributed by atoms with Crippen LogP contribution in [0.15, 0.2) is 40.9 Å². The number of hydrogen-bond donors (Lipinski definition) is 1. The van der Waals surface area contributed by atoms with Crippen LogP contribution >= 0.6 is 39.1 Å². The summed E-state index contributed by atoms with van der Waals surface area (Å²) in [5, 5.41) is 3.64. The molecule has 0 aliphatic heterocycles. The minimum absolute atomic E-state index is 0.294. The molecule has 0 fully saturated rings. The Hall–Kier alpha value is -1.03. The van der Waals surface area contributed by atoms with Crippen LogP contribution in [0.2, 0.25) is 10.0 Å². The highest BCUT2D eigenvalue weighted by atomic mass is 79.9. The maximum absolute atomic E-state index is 12.1. The van der Waals surface area contributed by atoms with Gasteiger partial charge < -0.3 is 5.32 Å². The lowest BCUT2D eigenvalue weighted by atomic mass is 10.2. The molecular weight excluding hydrogens is 349 g/mol. The van der Waals surface area contributed by atoms with E-state index in [-0.39, 0.29) is 5.91 Å². The number of benzene rings is 2. The molecule has 1 amide bonds. The first-order chi connectivity index (χ1) is 8.97. The van der Waals surface area contributed by atoms with Crippen molar-refractivity contribution in [3.05, 3.63) is 62.0 Å². The number of anilines is 1. The van der Waals surface area contributed by atoms with Crippen molar-refractivity contribution in [2.24, 2.45) is 0 Å². The number of rotatable bonds is 2. The minimum Gasteiger partial charge on any atom is -0.321 e. The number of hydrogen-bond acceptors (Lipinski definition) is 1.